The molecule has 0 aromatic carbocycles. The van der Waals surface area contributed by atoms with E-state index >= 15 is 0 Å². The molecule has 286 valence electrons. The molecule has 0 aliphatic heterocycles. The molecule has 2 unspecified atom stereocenters. The number of hydrogen-bond donors (Lipinski definition) is 2. The number of nitrogens with two attached hydrogens (primary N) is 1. The molecule has 0 rings (SSSR count). The van der Waals surface area contributed by atoms with Gasteiger partial charge in [-0.3, -0.25) is 13.8 Å². The van der Waals surface area contributed by atoms with Crippen molar-refractivity contribution in [1.82, 2.24) is 0 Å². The zero-order valence-electron chi connectivity index (χ0n) is 31.5. The highest BCUT2D eigenvalue weighted by molar-refractivity contribution is 7.47. The average Bonchev–Trinajstić information content (AvgIpc) is 3.07. The first-order chi connectivity index (χ1) is 23.4. The van der Waals surface area contributed by atoms with Crippen molar-refractivity contribution >= 4 is 13.8 Å². The van der Waals surface area contributed by atoms with Crippen molar-refractivity contribution in [1.29, 1.82) is 0 Å². The molecule has 0 saturated heterocycles. The maximum absolute atomic E-state index is 12.5. The zero-order chi connectivity index (χ0) is 35.2. The van der Waals surface area contributed by atoms with Crippen LogP contribution in [0.1, 0.15) is 194 Å². The summed E-state index contributed by atoms with van der Waals surface area (Å²) >= 11 is 0. The fourth-order valence-corrected chi connectivity index (χ4v) is 6.46. The van der Waals surface area contributed by atoms with Crippen LogP contribution in [0.5, 0.6) is 0 Å². The normalized spacial score (nSPS) is 13.7. The van der Waals surface area contributed by atoms with E-state index < -0.39 is 13.9 Å². The van der Waals surface area contributed by atoms with Crippen LogP contribution in [0, 0.1) is 0 Å². The molecule has 0 aliphatic rings. The van der Waals surface area contributed by atoms with E-state index in [1.54, 1.807) is 0 Å². The van der Waals surface area contributed by atoms with Gasteiger partial charge < -0.3 is 20.1 Å². The highest BCUT2D eigenvalue weighted by Crippen LogP contribution is 2.43. The third kappa shape index (κ3) is 36.5. The molecule has 0 radical (unpaired) electrons. The highest BCUT2D eigenvalue weighted by atomic mass is 31.2. The number of ether oxygens (including phenoxy) is 2. The summed E-state index contributed by atoms with van der Waals surface area (Å²) in [5, 5.41) is 0. The molecule has 8 nitrogen and oxygen atoms in total. The smallest absolute Gasteiger partial charge is 0.457 e. The van der Waals surface area contributed by atoms with Crippen LogP contribution in [0.3, 0.4) is 0 Å². The Morgan fingerprint density at radius 2 is 1.04 bits per heavy atom. The van der Waals surface area contributed by atoms with Gasteiger partial charge in [0.25, 0.3) is 0 Å². The molecule has 9 heteroatoms. The molecule has 0 fully saturated rings. The standard InChI is InChI=1S/C39H78NO7P/c1-3-5-7-9-11-13-15-17-18-19-21-23-25-27-29-31-34-44-36-38(37-46-48(42,43)45-35-33-40)47-39(41)32-30-28-26-24-22-20-16-14-12-10-8-6-4-2/h14,16,38H,3-13,15,17-37,40H2,1-2H3,(H,42,43)/b16-14-. The van der Waals surface area contributed by atoms with Crippen LogP contribution in [0.2, 0.25) is 0 Å². The third-order valence-corrected chi connectivity index (χ3v) is 9.67. The Morgan fingerprint density at radius 1 is 0.604 bits per heavy atom. The van der Waals surface area contributed by atoms with Gasteiger partial charge in [-0.15, -0.1) is 0 Å². The third-order valence-electron chi connectivity index (χ3n) is 8.68. The Kier molecular flexibility index (Phi) is 36.9. The molecular formula is C39H78NO7P. The second kappa shape index (κ2) is 37.5. The number of phosphoric ester groups is 1. The lowest BCUT2D eigenvalue weighted by Gasteiger charge is -2.20. The summed E-state index contributed by atoms with van der Waals surface area (Å²) in [6.45, 7) is 4.93. The molecule has 0 bridgehead atoms. The molecule has 0 aromatic rings. The van der Waals surface area contributed by atoms with Crippen LogP contribution in [0.4, 0.5) is 0 Å². The summed E-state index contributed by atoms with van der Waals surface area (Å²) in [5.41, 5.74) is 5.36. The maximum atomic E-state index is 12.5. The summed E-state index contributed by atoms with van der Waals surface area (Å²) in [6, 6.07) is 0. The van der Waals surface area contributed by atoms with Crippen molar-refractivity contribution in [3.8, 4) is 0 Å². The number of rotatable bonds is 39. The van der Waals surface area contributed by atoms with Crippen molar-refractivity contribution in [2.45, 2.75) is 200 Å². The van der Waals surface area contributed by atoms with Gasteiger partial charge in [-0.1, -0.05) is 161 Å². The molecule has 2 atom stereocenters. The summed E-state index contributed by atoms with van der Waals surface area (Å²) < 4.78 is 33.3. The Balaban J connectivity index is 4.03. The predicted molar refractivity (Wildman–Crippen MR) is 201 cm³/mol. The zero-order valence-corrected chi connectivity index (χ0v) is 32.4. The van der Waals surface area contributed by atoms with Crippen molar-refractivity contribution in [3.63, 3.8) is 0 Å². The number of allylic oxidation sites excluding steroid dienone is 2. The Bertz CT molecular complexity index is 752. The van der Waals surface area contributed by atoms with Crippen molar-refractivity contribution < 1.29 is 32.8 Å². The lowest BCUT2D eigenvalue weighted by atomic mass is 10.0. The fourth-order valence-electron chi connectivity index (χ4n) is 5.70. The van der Waals surface area contributed by atoms with E-state index in [2.05, 4.69) is 26.0 Å². The van der Waals surface area contributed by atoms with Gasteiger partial charge in [0, 0.05) is 19.6 Å². The fraction of sp³-hybridized carbons (Fsp3) is 0.923. The topological polar surface area (TPSA) is 117 Å². The lowest BCUT2D eigenvalue weighted by molar-refractivity contribution is -0.154. The molecule has 0 amide bonds. The van der Waals surface area contributed by atoms with Gasteiger partial charge in [0.05, 0.1) is 19.8 Å². The number of carbonyl (C=O) groups is 1. The van der Waals surface area contributed by atoms with Gasteiger partial charge >= 0.3 is 13.8 Å². The minimum Gasteiger partial charge on any atom is -0.457 e. The van der Waals surface area contributed by atoms with Crippen LogP contribution in [-0.4, -0.2) is 49.9 Å². The first kappa shape index (κ1) is 47.2. The molecule has 48 heavy (non-hydrogen) atoms. The quantitative estimate of drug-likeness (QED) is 0.0281. The number of phosphoric acid groups is 1. The second-order valence-electron chi connectivity index (χ2n) is 13.5. The summed E-state index contributed by atoms with van der Waals surface area (Å²) in [7, 11) is -4.27. The number of hydrogen-bond acceptors (Lipinski definition) is 7. The van der Waals surface area contributed by atoms with Crippen molar-refractivity contribution in [3.05, 3.63) is 12.2 Å². The minimum absolute atomic E-state index is 0.0939. The predicted octanol–water partition coefficient (Wildman–Crippen LogP) is 11.5. The van der Waals surface area contributed by atoms with Crippen molar-refractivity contribution in [2.24, 2.45) is 5.73 Å². The van der Waals surface area contributed by atoms with E-state index in [0.29, 0.717) is 13.0 Å². The number of unbranched alkanes of at least 4 members (excludes halogenated alkanes) is 24. The molecule has 3 N–H and O–H groups in total. The summed E-state index contributed by atoms with van der Waals surface area (Å²) in [4.78, 5) is 22.4. The van der Waals surface area contributed by atoms with E-state index in [0.717, 1.165) is 44.9 Å². The molecule has 0 saturated carbocycles. The van der Waals surface area contributed by atoms with Crippen LogP contribution in [0.25, 0.3) is 0 Å². The van der Waals surface area contributed by atoms with Crippen molar-refractivity contribution in [2.75, 3.05) is 33.0 Å². The largest absolute Gasteiger partial charge is 0.472 e. The Labute approximate surface area is 296 Å². The van der Waals surface area contributed by atoms with Gasteiger partial charge in [-0.2, -0.15) is 0 Å². The molecular weight excluding hydrogens is 625 g/mol. The van der Waals surface area contributed by atoms with Gasteiger partial charge in [0.1, 0.15) is 6.10 Å². The van der Waals surface area contributed by atoms with Crippen LogP contribution >= 0.6 is 7.82 Å². The van der Waals surface area contributed by atoms with Gasteiger partial charge in [-0.25, -0.2) is 4.57 Å². The van der Waals surface area contributed by atoms with E-state index in [-0.39, 0.29) is 32.3 Å². The number of carbonyl (C=O) groups excluding carboxylic acids is 1. The van der Waals surface area contributed by atoms with Crippen LogP contribution in [-0.2, 0) is 27.9 Å². The highest BCUT2D eigenvalue weighted by Gasteiger charge is 2.25. The Hall–Kier alpha value is -0.760. The lowest BCUT2D eigenvalue weighted by Crippen LogP contribution is -2.28. The SMILES string of the molecule is CCCCCC/C=C\CCCCCCCC(=O)OC(COCCCCCCCCCCCCCCCCCC)COP(=O)(O)OCCN. The number of esters is 1. The van der Waals surface area contributed by atoms with E-state index in [1.165, 1.54) is 128 Å². The first-order valence-electron chi connectivity index (χ1n) is 20.2. The van der Waals surface area contributed by atoms with E-state index in [9.17, 15) is 14.3 Å². The summed E-state index contributed by atoms with van der Waals surface area (Å²) in [6.07, 6.45) is 37.9. The maximum Gasteiger partial charge on any atom is 0.472 e. The molecule has 0 heterocycles. The average molecular weight is 704 g/mol. The molecule has 0 aromatic heterocycles. The van der Waals surface area contributed by atoms with Gasteiger partial charge in [0.15, 0.2) is 0 Å². The summed E-state index contributed by atoms with van der Waals surface area (Å²) in [5.74, 6) is -0.337. The second-order valence-corrected chi connectivity index (χ2v) is 15.0. The molecule has 0 aliphatic carbocycles. The van der Waals surface area contributed by atoms with Crippen LogP contribution < -0.4 is 5.73 Å². The van der Waals surface area contributed by atoms with E-state index in [1.807, 2.05) is 0 Å². The van der Waals surface area contributed by atoms with E-state index in [4.69, 9.17) is 24.3 Å². The monoisotopic (exact) mass is 704 g/mol. The van der Waals surface area contributed by atoms with Gasteiger partial charge in [0.2, 0.25) is 0 Å². The van der Waals surface area contributed by atoms with Crippen LogP contribution in [0.15, 0.2) is 12.2 Å². The Morgan fingerprint density at radius 3 is 1.54 bits per heavy atom. The first-order valence-corrected chi connectivity index (χ1v) is 21.7. The molecule has 0 spiro atoms. The minimum atomic E-state index is -4.27. The van der Waals surface area contributed by atoms with Gasteiger partial charge in [-0.05, 0) is 38.5 Å².